The van der Waals surface area contributed by atoms with Gasteiger partial charge in [0.15, 0.2) is 6.80 Å². The van der Waals surface area contributed by atoms with E-state index < -0.39 is 6.80 Å². The number of fused-ring (bicyclic) bond motifs is 1. The van der Waals surface area contributed by atoms with Gasteiger partial charge < -0.3 is 0 Å². The van der Waals surface area contributed by atoms with Gasteiger partial charge in [-0.05, 0) is 12.1 Å². The molecule has 2 rings (SSSR count). The maximum absolute atomic E-state index is 12.6. The summed E-state index contributed by atoms with van der Waals surface area (Å²) >= 11 is 0. The molecule has 0 atom stereocenters. The lowest BCUT2D eigenvalue weighted by Gasteiger charge is -2.17. The third-order valence-electron chi connectivity index (χ3n) is 2.09. The Balaban J connectivity index is 2.51. The minimum absolute atomic E-state index is 0.151. The van der Waals surface area contributed by atoms with E-state index in [1.165, 1.54) is 6.21 Å². The smallest absolute Gasteiger partial charge is 0.234 e. The van der Waals surface area contributed by atoms with Gasteiger partial charge in [-0.25, -0.2) is 4.39 Å². The van der Waals surface area contributed by atoms with Crippen LogP contribution in [0.3, 0.4) is 0 Å². The number of benzene rings is 1. The van der Waals surface area contributed by atoms with Gasteiger partial charge >= 0.3 is 0 Å². The maximum atomic E-state index is 12.6. The molecule has 0 saturated heterocycles. The molecular formula is C10H9FN2O. The van der Waals surface area contributed by atoms with Crippen LogP contribution in [-0.4, -0.2) is 18.9 Å². The lowest BCUT2D eigenvalue weighted by molar-refractivity contribution is -0.117. The van der Waals surface area contributed by atoms with Crippen molar-refractivity contribution < 1.29 is 9.18 Å². The maximum Gasteiger partial charge on any atom is 0.234 e. The molecule has 14 heavy (non-hydrogen) atoms. The van der Waals surface area contributed by atoms with E-state index in [-0.39, 0.29) is 12.3 Å². The third kappa shape index (κ3) is 1.39. The Bertz CT molecular complexity index is 389. The molecule has 1 aliphatic heterocycles. The Morgan fingerprint density at radius 3 is 3.00 bits per heavy atom. The minimum Gasteiger partial charge on any atom is -0.281 e. The zero-order chi connectivity index (χ0) is 9.97. The number of hydrogen-bond acceptors (Lipinski definition) is 2. The molecule has 4 heteroatoms. The number of anilines is 1. The quantitative estimate of drug-likeness (QED) is 0.627. The van der Waals surface area contributed by atoms with Gasteiger partial charge in [-0.1, -0.05) is 12.1 Å². The highest BCUT2D eigenvalue weighted by Crippen LogP contribution is 2.30. The number of carbonyl (C=O) groups is 1. The van der Waals surface area contributed by atoms with E-state index in [0.717, 1.165) is 4.90 Å². The molecule has 1 aromatic carbocycles. The number of aliphatic imine (C=N–C) groups is 1. The molecule has 0 aliphatic carbocycles. The summed E-state index contributed by atoms with van der Waals surface area (Å²) in [5, 5.41) is 0. The number of carbonyl (C=O) groups excluding carboxylic acids is 1. The Kier molecular flexibility index (Phi) is 2.26. The van der Waals surface area contributed by atoms with Crippen molar-refractivity contribution in [3.05, 3.63) is 24.3 Å². The largest absolute Gasteiger partial charge is 0.281 e. The monoisotopic (exact) mass is 192 g/mol. The second-order valence-corrected chi connectivity index (χ2v) is 2.95. The van der Waals surface area contributed by atoms with Gasteiger partial charge in [0.1, 0.15) is 0 Å². The van der Waals surface area contributed by atoms with Gasteiger partial charge in [0.05, 0.1) is 17.8 Å². The Morgan fingerprint density at radius 1 is 1.43 bits per heavy atom. The van der Waals surface area contributed by atoms with E-state index in [0.29, 0.717) is 11.4 Å². The van der Waals surface area contributed by atoms with Crippen molar-refractivity contribution >= 4 is 23.5 Å². The summed E-state index contributed by atoms with van der Waals surface area (Å²) < 4.78 is 12.6. The number of alkyl halides is 1. The molecule has 0 unspecified atom stereocenters. The van der Waals surface area contributed by atoms with Crippen LogP contribution in [-0.2, 0) is 4.79 Å². The van der Waals surface area contributed by atoms with Crippen molar-refractivity contribution in [2.75, 3.05) is 11.7 Å². The first-order chi connectivity index (χ1) is 6.83. The van der Waals surface area contributed by atoms with Gasteiger partial charge in [-0.2, -0.15) is 0 Å². The SMILES string of the molecule is O=C1CC=Nc2ccccc2N1CF. The van der Waals surface area contributed by atoms with Crippen LogP contribution in [0.5, 0.6) is 0 Å². The second-order valence-electron chi connectivity index (χ2n) is 2.95. The summed E-state index contributed by atoms with van der Waals surface area (Å²) in [5.41, 5.74) is 1.17. The van der Waals surface area contributed by atoms with Crippen LogP contribution in [0, 0.1) is 0 Å². The summed E-state index contributed by atoms with van der Waals surface area (Å²) in [5.74, 6) is -0.263. The molecule has 0 saturated carbocycles. The molecule has 0 N–H and O–H groups in total. The van der Waals surface area contributed by atoms with Crippen LogP contribution >= 0.6 is 0 Å². The highest BCUT2D eigenvalue weighted by molar-refractivity contribution is 6.05. The van der Waals surface area contributed by atoms with E-state index in [4.69, 9.17) is 0 Å². The van der Waals surface area contributed by atoms with Crippen molar-refractivity contribution in [3.63, 3.8) is 0 Å². The molecule has 72 valence electrons. The van der Waals surface area contributed by atoms with Crippen molar-refractivity contribution in [2.45, 2.75) is 6.42 Å². The normalized spacial score (nSPS) is 15.2. The number of para-hydroxylation sites is 2. The van der Waals surface area contributed by atoms with E-state index in [9.17, 15) is 9.18 Å². The lowest BCUT2D eigenvalue weighted by atomic mass is 10.2. The number of nitrogens with zero attached hydrogens (tertiary/aromatic N) is 2. The first kappa shape index (κ1) is 8.87. The molecule has 0 bridgehead atoms. The van der Waals surface area contributed by atoms with E-state index in [1.807, 2.05) is 6.07 Å². The number of amides is 1. The predicted molar refractivity (Wildman–Crippen MR) is 52.7 cm³/mol. The average molecular weight is 192 g/mol. The third-order valence-corrected chi connectivity index (χ3v) is 2.09. The molecule has 3 nitrogen and oxygen atoms in total. The van der Waals surface area contributed by atoms with Crippen LogP contribution in [0.4, 0.5) is 15.8 Å². The average Bonchev–Trinajstić information content (AvgIpc) is 2.36. The molecule has 0 fully saturated rings. The van der Waals surface area contributed by atoms with Crippen molar-refractivity contribution in [3.8, 4) is 0 Å². The standard InChI is InChI=1S/C10H9FN2O/c11-7-13-9-4-2-1-3-8(9)12-6-5-10(13)14/h1-4,6H,5,7H2. The van der Waals surface area contributed by atoms with Gasteiger partial charge in [0.25, 0.3) is 0 Å². The van der Waals surface area contributed by atoms with Crippen LogP contribution in [0.25, 0.3) is 0 Å². The van der Waals surface area contributed by atoms with E-state index in [2.05, 4.69) is 4.99 Å². The van der Waals surface area contributed by atoms with Gasteiger partial charge in [0.2, 0.25) is 5.91 Å². The van der Waals surface area contributed by atoms with Crippen LogP contribution in [0.15, 0.2) is 29.3 Å². The topological polar surface area (TPSA) is 32.7 Å². The fourth-order valence-corrected chi connectivity index (χ4v) is 1.40. The van der Waals surface area contributed by atoms with E-state index >= 15 is 0 Å². The molecule has 1 heterocycles. The second kappa shape index (κ2) is 3.57. The highest BCUT2D eigenvalue weighted by atomic mass is 19.1. The predicted octanol–water partition coefficient (Wildman–Crippen LogP) is 2.05. The molecular weight excluding hydrogens is 183 g/mol. The summed E-state index contributed by atoms with van der Waals surface area (Å²) in [6.45, 7) is -0.806. The molecule has 0 radical (unpaired) electrons. The summed E-state index contributed by atoms with van der Waals surface area (Å²) in [7, 11) is 0. The summed E-state index contributed by atoms with van der Waals surface area (Å²) in [6, 6.07) is 7.01. The van der Waals surface area contributed by atoms with E-state index in [1.54, 1.807) is 18.2 Å². The fraction of sp³-hybridized carbons (Fsp3) is 0.200. The summed E-state index contributed by atoms with van der Waals surface area (Å²) in [4.78, 5) is 16.6. The number of rotatable bonds is 1. The van der Waals surface area contributed by atoms with Gasteiger partial charge in [-0.3, -0.25) is 14.7 Å². The Morgan fingerprint density at radius 2 is 2.21 bits per heavy atom. The Hall–Kier alpha value is -1.71. The minimum atomic E-state index is -0.806. The van der Waals surface area contributed by atoms with Crippen LogP contribution in [0.1, 0.15) is 6.42 Å². The zero-order valence-electron chi connectivity index (χ0n) is 7.48. The Labute approximate surface area is 80.9 Å². The van der Waals surface area contributed by atoms with Crippen LogP contribution in [0.2, 0.25) is 0 Å². The van der Waals surface area contributed by atoms with Crippen LogP contribution < -0.4 is 4.90 Å². The fourth-order valence-electron chi connectivity index (χ4n) is 1.40. The molecule has 0 aromatic heterocycles. The van der Waals surface area contributed by atoms with Gasteiger partial charge in [-0.15, -0.1) is 0 Å². The first-order valence-corrected chi connectivity index (χ1v) is 4.31. The van der Waals surface area contributed by atoms with Crippen molar-refractivity contribution in [1.29, 1.82) is 0 Å². The van der Waals surface area contributed by atoms with Crippen molar-refractivity contribution in [2.24, 2.45) is 4.99 Å². The molecule has 0 spiro atoms. The number of hydrogen-bond donors (Lipinski definition) is 0. The molecule has 1 amide bonds. The molecule has 1 aromatic rings. The molecule has 1 aliphatic rings. The van der Waals surface area contributed by atoms with Gasteiger partial charge in [0, 0.05) is 6.21 Å². The highest BCUT2D eigenvalue weighted by Gasteiger charge is 2.19. The lowest BCUT2D eigenvalue weighted by Crippen LogP contribution is -2.29. The van der Waals surface area contributed by atoms with Crippen molar-refractivity contribution in [1.82, 2.24) is 0 Å². The number of halogens is 1. The first-order valence-electron chi connectivity index (χ1n) is 4.31. The zero-order valence-corrected chi connectivity index (χ0v) is 7.48. The summed E-state index contributed by atoms with van der Waals surface area (Å²) in [6.07, 6.45) is 1.66.